The fraction of sp³-hybridized carbons (Fsp3) is 0.350. The molecule has 2 aromatic rings. The van der Waals surface area contributed by atoms with Crippen molar-refractivity contribution in [2.75, 3.05) is 6.61 Å². The van der Waals surface area contributed by atoms with Gasteiger partial charge in [-0.15, -0.1) is 0 Å². The number of amides is 1. The summed E-state index contributed by atoms with van der Waals surface area (Å²) in [6.07, 6.45) is -0.742. The predicted octanol–water partition coefficient (Wildman–Crippen LogP) is 4.57. The van der Waals surface area contributed by atoms with Gasteiger partial charge in [0.05, 0.1) is 12.6 Å². The molecule has 1 amide bonds. The number of carbonyl (C=O) groups is 1. The maximum atomic E-state index is 14.0. The third kappa shape index (κ3) is 5.07. The van der Waals surface area contributed by atoms with E-state index in [0.717, 1.165) is 5.56 Å². The van der Waals surface area contributed by atoms with Crippen molar-refractivity contribution in [3.63, 3.8) is 0 Å². The van der Waals surface area contributed by atoms with Gasteiger partial charge in [0.2, 0.25) is 0 Å². The first kappa shape index (κ1) is 21.5. The van der Waals surface area contributed by atoms with Crippen LogP contribution in [0.3, 0.4) is 0 Å². The van der Waals surface area contributed by atoms with Crippen LogP contribution in [0, 0.1) is 5.82 Å². The second-order valence-electron chi connectivity index (χ2n) is 7.70. The fourth-order valence-electron chi connectivity index (χ4n) is 2.97. The summed E-state index contributed by atoms with van der Waals surface area (Å²) in [5, 5.41) is 0.423. The van der Waals surface area contributed by atoms with Gasteiger partial charge in [0.1, 0.15) is 11.4 Å². The quantitative estimate of drug-likeness (QED) is 0.697. The van der Waals surface area contributed by atoms with E-state index >= 15 is 0 Å². The van der Waals surface area contributed by atoms with Gasteiger partial charge in [-0.2, -0.15) is 12.7 Å². The summed E-state index contributed by atoms with van der Waals surface area (Å²) in [6.45, 7) is 4.79. The van der Waals surface area contributed by atoms with Crippen LogP contribution in [-0.2, 0) is 25.6 Å². The van der Waals surface area contributed by atoms with Crippen molar-refractivity contribution < 1.29 is 26.5 Å². The number of halogens is 2. The minimum atomic E-state index is -4.19. The lowest BCUT2D eigenvalue weighted by Crippen LogP contribution is -2.43. The topological polar surface area (TPSA) is 72.9 Å². The van der Waals surface area contributed by atoms with Gasteiger partial charge in [-0.25, -0.2) is 9.18 Å². The molecule has 6 nitrogen and oxygen atoms in total. The monoisotopic (exact) mass is 441 g/mol. The number of rotatable bonds is 3. The van der Waals surface area contributed by atoms with Gasteiger partial charge in [0.25, 0.3) is 0 Å². The van der Waals surface area contributed by atoms with Crippen LogP contribution in [0.4, 0.5) is 9.18 Å². The zero-order valence-electron chi connectivity index (χ0n) is 16.2. The molecule has 0 radical (unpaired) electrons. The van der Waals surface area contributed by atoms with Gasteiger partial charge in [0.15, 0.2) is 0 Å². The number of carbonyl (C=O) groups excluding carboxylic acids is 1. The van der Waals surface area contributed by atoms with Gasteiger partial charge < -0.3 is 4.74 Å². The Morgan fingerprint density at radius 3 is 2.52 bits per heavy atom. The lowest BCUT2D eigenvalue weighted by atomic mass is 10.0. The normalized spacial score (nSPS) is 18.7. The third-order valence-corrected chi connectivity index (χ3v) is 5.82. The zero-order chi connectivity index (χ0) is 21.4. The maximum Gasteiger partial charge on any atom is 0.426 e. The van der Waals surface area contributed by atoms with Crippen molar-refractivity contribution in [3.05, 3.63) is 58.9 Å². The number of ether oxygens (including phenoxy) is 1. The van der Waals surface area contributed by atoms with Gasteiger partial charge in [-0.3, -0.25) is 4.18 Å². The lowest BCUT2D eigenvalue weighted by molar-refractivity contribution is 0.0357. The van der Waals surface area contributed by atoms with E-state index in [1.807, 2.05) is 0 Å². The summed E-state index contributed by atoms with van der Waals surface area (Å²) in [7, 11) is -4.19. The van der Waals surface area contributed by atoms with Crippen LogP contribution < -0.4 is 0 Å². The second kappa shape index (κ2) is 7.93. The first-order valence-corrected chi connectivity index (χ1v) is 10.7. The highest BCUT2D eigenvalue weighted by molar-refractivity contribution is 7.85. The number of hydrogen-bond acceptors (Lipinski definition) is 5. The van der Waals surface area contributed by atoms with Gasteiger partial charge >= 0.3 is 16.4 Å². The van der Waals surface area contributed by atoms with Crippen molar-refractivity contribution >= 4 is 28.0 Å². The average Bonchev–Trinajstić information content (AvgIpc) is 2.90. The number of hydrogen-bond donors (Lipinski definition) is 0. The van der Waals surface area contributed by atoms with Crippen molar-refractivity contribution in [2.24, 2.45) is 0 Å². The smallest absolute Gasteiger partial charge is 0.426 e. The van der Waals surface area contributed by atoms with Crippen LogP contribution in [0.25, 0.3) is 11.1 Å². The highest BCUT2D eigenvalue weighted by Crippen LogP contribution is 2.28. The minimum absolute atomic E-state index is 0.160. The Morgan fingerprint density at radius 1 is 1.24 bits per heavy atom. The van der Waals surface area contributed by atoms with Gasteiger partial charge in [-0.05, 0) is 56.5 Å². The van der Waals surface area contributed by atoms with Gasteiger partial charge in [-0.1, -0.05) is 35.9 Å². The summed E-state index contributed by atoms with van der Waals surface area (Å²) in [4.78, 5) is 12.4. The minimum Gasteiger partial charge on any atom is -0.443 e. The van der Waals surface area contributed by atoms with Crippen LogP contribution >= 0.6 is 11.6 Å². The van der Waals surface area contributed by atoms with E-state index in [0.29, 0.717) is 20.5 Å². The summed E-state index contributed by atoms with van der Waals surface area (Å²) in [5.74, 6) is -0.395. The van der Waals surface area contributed by atoms with E-state index in [4.69, 9.17) is 20.5 Å². The van der Waals surface area contributed by atoms with Crippen LogP contribution in [0.15, 0.2) is 42.5 Å². The molecule has 0 unspecified atom stereocenters. The summed E-state index contributed by atoms with van der Waals surface area (Å²) in [5.41, 5.74) is 0.914. The average molecular weight is 442 g/mol. The van der Waals surface area contributed by atoms with Crippen LogP contribution in [0.1, 0.15) is 26.3 Å². The van der Waals surface area contributed by atoms with E-state index < -0.39 is 33.9 Å². The Bertz CT molecular complexity index is 1020. The Hall–Kier alpha value is -2.16. The van der Waals surface area contributed by atoms with Crippen LogP contribution in [0.5, 0.6) is 0 Å². The molecular weight excluding hydrogens is 421 g/mol. The molecule has 0 aliphatic carbocycles. The molecule has 1 aliphatic rings. The summed E-state index contributed by atoms with van der Waals surface area (Å²) in [6, 6.07) is 10.5. The maximum absolute atomic E-state index is 14.0. The molecule has 9 heteroatoms. The number of benzene rings is 2. The standard InChI is InChI=1S/C20H21ClFNO5S/c1-20(2,3)28-19(24)23-16(12-27-29(23,25)26)10-13-4-6-14(7-5-13)17-11-15(21)8-9-18(17)22/h4-9,11,16H,10,12H2,1-3H3/t16-/m1/s1. The SMILES string of the molecule is CC(C)(C)OC(=O)N1[C@H](Cc2ccc(-c3cc(Cl)ccc3F)cc2)COS1(=O)=O. The molecule has 0 N–H and O–H groups in total. The molecule has 0 bridgehead atoms. The predicted molar refractivity (Wildman–Crippen MR) is 107 cm³/mol. The van der Waals surface area contributed by atoms with E-state index in [1.165, 1.54) is 18.2 Å². The Labute approximate surface area is 174 Å². The van der Waals surface area contributed by atoms with Crippen molar-refractivity contribution in [1.82, 2.24) is 4.31 Å². The van der Waals surface area contributed by atoms with Crippen LogP contribution in [0.2, 0.25) is 5.02 Å². The molecular formula is C20H21ClFNO5S. The molecule has 0 saturated carbocycles. The van der Waals surface area contributed by atoms with E-state index in [2.05, 4.69) is 0 Å². The van der Waals surface area contributed by atoms with Crippen molar-refractivity contribution in [3.8, 4) is 11.1 Å². The Morgan fingerprint density at radius 2 is 1.90 bits per heavy atom. The Balaban J connectivity index is 1.80. The molecule has 1 aliphatic heterocycles. The molecule has 1 heterocycles. The van der Waals surface area contributed by atoms with Crippen molar-refractivity contribution in [1.29, 1.82) is 0 Å². The number of nitrogens with zero attached hydrogens (tertiary/aromatic N) is 1. The highest BCUT2D eigenvalue weighted by atomic mass is 35.5. The van der Waals surface area contributed by atoms with E-state index in [9.17, 15) is 17.6 Å². The molecule has 0 spiro atoms. The molecule has 0 aromatic heterocycles. The fourth-order valence-corrected chi connectivity index (χ4v) is 4.31. The molecule has 29 heavy (non-hydrogen) atoms. The largest absolute Gasteiger partial charge is 0.443 e. The highest BCUT2D eigenvalue weighted by Gasteiger charge is 2.44. The third-order valence-electron chi connectivity index (χ3n) is 4.22. The molecule has 1 saturated heterocycles. The molecule has 156 valence electrons. The van der Waals surface area contributed by atoms with Gasteiger partial charge in [0, 0.05) is 10.6 Å². The molecule has 3 rings (SSSR count). The van der Waals surface area contributed by atoms with Crippen LogP contribution in [-0.4, -0.2) is 37.1 Å². The Kier molecular flexibility index (Phi) is 5.89. The zero-order valence-corrected chi connectivity index (χ0v) is 17.8. The first-order chi connectivity index (χ1) is 13.5. The molecule has 1 atom stereocenters. The van der Waals surface area contributed by atoms with E-state index in [1.54, 1.807) is 45.0 Å². The summed E-state index contributed by atoms with van der Waals surface area (Å²) >= 11 is 5.94. The summed E-state index contributed by atoms with van der Waals surface area (Å²) < 4.78 is 49.0. The lowest BCUT2D eigenvalue weighted by Gasteiger charge is -2.26. The van der Waals surface area contributed by atoms with E-state index in [-0.39, 0.29) is 13.0 Å². The molecule has 2 aromatic carbocycles. The molecule has 1 fully saturated rings. The van der Waals surface area contributed by atoms with Crippen molar-refractivity contribution in [2.45, 2.75) is 38.8 Å². The first-order valence-electron chi connectivity index (χ1n) is 8.92. The second-order valence-corrected chi connectivity index (χ2v) is 9.62.